The van der Waals surface area contributed by atoms with E-state index in [1.807, 2.05) is 62.4 Å². The summed E-state index contributed by atoms with van der Waals surface area (Å²) in [6.45, 7) is 3.57. The number of ether oxygens (including phenoxy) is 2. The Balaban J connectivity index is 1.56. The van der Waals surface area contributed by atoms with Crippen molar-refractivity contribution >= 4 is 23.6 Å². The Morgan fingerprint density at radius 3 is 2.61 bits per heavy atom. The molecule has 0 spiro atoms. The van der Waals surface area contributed by atoms with Gasteiger partial charge in [-0.1, -0.05) is 30.3 Å². The van der Waals surface area contributed by atoms with Crippen LogP contribution >= 0.6 is 0 Å². The summed E-state index contributed by atoms with van der Waals surface area (Å²) in [6, 6.07) is 15.1. The van der Waals surface area contributed by atoms with Crippen molar-refractivity contribution in [1.29, 1.82) is 0 Å². The molecule has 2 aromatic carbocycles. The third-order valence-corrected chi connectivity index (χ3v) is 3.99. The maximum absolute atomic E-state index is 12.0. The summed E-state index contributed by atoms with van der Waals surface area (Å²) in [7, 11) is 0. The number of nitrogens with one attached hydrogen (secondary N) is 1. The number of rotatable bonds is 7. The van der Waals surface area contributed by atoms with Crippen LogP contribution in [0.1, 0.15) is 17.0 Å². The Morgan fingerprint density at radius 2 is 1.82 bits per heavy atom. The third-order valence-electron chi connectivity index (χ3n) is 3.99. The van der Waals surface area contributed by atoms with E-state index in [4.69, 9.17) is 15.2 Å². The van der Waals surface area contributed by atoms with Crippen LogP contribution in [0.2, 0.25) is 0 Å². The van der Waals surface area contributed by atoms with Crippen molar-refractivity contribution in [2.45, 2.75) is 20.5 Å². The number of benzene rings is 2. The second-order valence-corrected chi connectivity index (χ2v) is 6.07. The summed E-state index contributed by atoms with van der Waals surface area (Å²) < 4.78 is 10.7. The van der Waals surface area contributed by atoms with E-state index in [9.17, 15) is 4.79 Å². The highest BCUT2D eigenvalue weighted by Gasteiger charge is 2.10. The number of aryl methyl sites for hydroxylation is 1. The number of aromatic nitrogens is 3. The van der Waals surface area contributed by atoms with Crippen molar-refractivity contribution in [3.63, 3.8) is 0 Å². The number of nitrogens with zero attached hydrogens (tertiary/aromatic N) is 3. The van der Waals surface area contributed by atoms with Crippen LogP contribution in [-0.2, 0) is 16.1 Å². The van der Waals surface area contributed by atoms with Gasteiger partial charge in [-0.2, -0.15) is 15.0 Å². The molecule has 8 nitrogen and oxygen atoms in total. The molecule has 0 aliphatic carbocycles. The lowest BCUT2D eigenvalue weighted by Gasteiger charge is -2.11. The summed E-state index contributed by atoms with van der Waals surface area (Å²) in [5.41, 5.74) is 8.59. The number of nitrogen functional groups attached to an aromatic ring is 1. The highest BCUT2D eigenvalue weighted by molar-refractivity contribution is 5.71. The van der Waals surface area contributed by atoms with Gasteiger partial charge in [-0.15, -0.1) is 0 Å². The van der Waals surface area contributed by atoms with Crippen molar-refractivity contribution in [3.8, 4) is 5.75 Å². The summed E-state index contributed by atoms with van der Waals surface area (Å²) in [5.74, 6) is 0.668. The fourth-order valence-electron chi connectivity index (χ4n) is 2.41. The fraction of sp³-hybridized carbons (Fsp3) is 0.200. The minimum absolute atomic E-state index is 0.0334. The van der Waals surface area contributed by atoms with Crippen LogP contribution < -0.4 is 15.8 Å². The molecule has 0 bridgehead atoms. The lowest BCUT2D eigenvalue weighted by molar-refractivity contribution is -0.147. The Labute approximate surface area is 162 Å². The van der Waals surface area contributed by atoms with Gasteiger partial charge in [-0.25, -0.2) is 4.79 Å². The van der Waals surface area contributed by atoms with E-state index in [1.165, 1.54) is 0 Å². The van der Waals surface area contributed by atoms with E-state index in [0.717, 1.165) is 16.8 Å². The van der Waals surface area contributed by atoms with E-state index < -0.39 is 5.97 Å². The molecule has 0 aliphatic rings. The molecule has 3 aromatic rings. The van der Waals surface area contributed by atoms with Crippen LogP contribution in [-0.4, -0.2) is 27.5 Å². The number of anilines is 3. The second kappa shape index (κ2) is 8.81. The molecule has 0 atom stereocenters. The summed E-state index contributed by atoms with van der Waals surface area (Å²) in [5, 5.41) is 3.02. The zero-order valence-corrected chi connectivity index (χ0v) is 15.7. The first-order valence-electron chi connectivity index (χ1n) is 8.68. The van der Waals surface area contributed by atoms with Gasteiger partial charge >= 0.3 is 5.97 Å². The van der Waals surface area contributed by atoms with Crippen molar-refractivity contribution < 1.29 is 14.3 Å². The van der Waals surface area contributed by atoms with Crippen LogP contribution in [0.4, 0.5) is 17.6 Å². The normalized spacial score (nSPS) is 10.4. The largest absolute Gasteiger partial charge is 0.482 e. The summed E-state index contributed by atoms with van der Waals surface area (Å²) in [4.78, 5) is 24.2. The molecule has 3 N–H and O–H groups in total. The molecule has 0 unspecified atom stereocenters. The van der Waals surface area contributed by atoms with E-state index in [0.29, 0.717) is 5.75 Å². The zero-order chi connectivity index (χ0) is 19.9. The second-order valence-electron chi connectivity index (χ2n) is 6.07. The average molecular weight is 379 g/mol. The van der Waals surface area contributed by atoms with Gasteiger partial charge in [0, 0.05) is 5.69 Å². The molecular formula is C20H21N5O3. The predicted octanol–water partition coefficient (Wildman–Crippen LogP) is 2.94. The van der Waals surface area contributed by atoms with Crippen molar-refractivity contribution in [3.05, 3.63) is 65.5 Å². The number of esters is 1. The molecule has 0 amide bonds. The molecule has 8 heteroatoms. The monoisotopic (exact) mass is 379 g/mol. The van der Waals surface area contributed by atoms with Crippen LogP contribution in [0.5, 0.6) is 5.75 Å². The zero-order valence-electron chi connectivity index (χ0n) is 15.7. The standard InChI is InChI=1S/C20H21N5O3/c1-13-7-6-10-16(14(13)2)27-12-18(26)28-11-17-23-19(21)25-20(24-17)22-15-8-4-3-5-9-15/h3-10H,11-12H2,1-2H3,(H3,21,22,23,24,25). The molecule has 28 heavy (non-hydrogen) atoms. The van der Waals surface area contributed by atoms with Gasteiger partial charge in [0.25, 0.3) is 0 Å². The smallest absolute Gasteiger partial charge is 0.344 e. The number of para-hydroxylation sites is 1. The molecular weight excluding hydrogens is 358 g/mol. The molecule has 0 radical (unpaired) electrons. The third kappa shape index (κ3) is 5.16. The van der Waals surface area contributed by atoms with E-state index in [1.54, 1.807) is 0 Å². The molecule has 1 aromatic heterocycles. The topological polar surface area (TPSA) is 112 Å². The molecule has 0 aliphatic heterocycles. The van der Waals surface area contributed by atoms with Crippen molar-refractivity contribution in [1.82, 2.24) is 15.0 Å². The van der Waals surface area contributed by atoms with Gasteiger partial charge in [0.15, 0.2) is 19.0 Å². The summed E-state index contributed by atoms with van der Waals surface area (Å²) in [6.07, 6.45) is 0. The summed E-state index contributed by atoms with van der Waals surface area (Å²) >= 11 is 0. The molecule has 3 rings (SSSR count). The van der Waals surface area contributed by atoms with Crippen molar-refractivity contribution in [2.24, 2.45) is 0 Å². The Kier molecular flexibility index (Phi) is 6.01. The van der Waals surface area contributed by atoms with Crippen LogP contribution in [0.15, 0.2) is 48.5 Å². The number of nitrogens with two attached hydrogens (primary N) is 1. The molecule has 0 saturated heterocycles. The maximum atomic E-state index is 12.0. The van der Waals surface area contributed by atoms with Crippen LogP contribution in [0.3, 0.4) is 0 Å². The molecule has 1 heterocycles. The minimum Gasteiger partial charge on any atom is -0.482 e. The highest BCUT2D eigenvalue weighted by atomic mass is 16.6. The first-order chi connectivity index (χ1) is 13.5. The van der Waals surface area contributed by atoms with Crippen molar-refractivity contribution in [2.75, 3.05) is 17.7 Å². The first kappa shape index (κ1) is 19.1. The van der Waals surface area contributed by atoms with Gasteiger partial charge in [0.1, 0.15) is 5.75 Å². The SMILES string of the molecule is Cc1cccc(OCC(=O)OCc2nc(N)nc(Nc3ccccc3)n2)c1C. The number of hydrogen-bond acceptors (Lipinski definition) is 8. The van der Waals surface area contributed by atoms with E-state index >= 15 is 0 Å². The Morgan fingerprint density at radius 1 is 1.04 bits per heavy atom. The lowest BCUT2D eigenvalue weighted by atomic mass is 10.1. The number of carbonyl (C=O) groups is 1. The number of carbonyl (C=O) groups excluding carboxylic acids is 1. The van der Waals surface area contributed by atoms with Crippen LogP contribution in [0, 0.1) is 13.8 Å². The Hall–Kier alpha value is -3.68. The fourth-order valence-corrected chi connectivity index (χ4v) is 2.41. The molecule has 0 fully saturated rings. The number of hydrogen-bond donors (Lipinski definition) is 2. The average Bonchev–Trinajstić information content (AvgIpc) is 2.68. The van der Waals surface area contributed by atoms with Gasteiger partial charge < -0.3 is 20.5 Å². The van der Waals surface area contributed by atoms with Gasteiger partial charge in [-0.05, 0) is 43.2 Å². The minimum atomic E-state index is -0.530. The molecule has 0 saturated carbocycles. The van der Waals surface area contributed by atoms with Gasteiger partial charge in [-0.3, -0.25) is 0 Å². The maximum Gasteiger partial charge on any atom is 0.344 e. The Bertz CT molecular complexity index is 963. The quantitative estimate of drug-likeness (QED) is 0.603. The van der Waals surface area contributed by atoms with Crippen LogP contribution in [0.25, 0.3) is 0 Å². The van der Waals surface area contributed by atoms with E-state index in [2.05, 4.69) is 20.3 Å². The first-order valence-corrected chi connectivity index (χ1v) is 8.68. The highest BCUT2D eigenvalue weighted by Crippen LogP contribution is 2.20. The molecule has 144 valence electrons. The lowest BCUT2D eigenvalue weighted by Crippen LogP contribution is -2.17. The van der Waals surface area contributed by atoms with Gasteiger partial charge in [0.05, 0.1) is 0 Å². The van der Waals surface area contributed by atoms with E-state index in [-0.39, 0.29) is 30.9 Å². The van der Waals surface area contributed by atoms with Gasteiger partial charge in [0.2, 0.25) is 11.9 Å². The predicted molar refractivity (Wildman–Crippen MR) is 105 cm³/mol.